The molecule has 1 aliphatic heterocycles. The molecule has 4 nitrogen and oxygen atoms in total. The van der Waals surface area contributed by atoms with Crippen LogP contribution < -0.4 is 15.2 Å². The van der Waals surface area contributed by atoms with Crippen molar-refractivity contribution in [3.05, 3.63) is 23.8 Å². The first-order chi connectivity index (χ1) is 8.80. The smallest absolute Gasteiger partial charge is 0.127 e. The second kappa shape index (κ2) is 6.07. The van der Waals surface area contributed by atoms with Gasteiger partial charge in [0, 0.05) is 30.8 Å². The molecule has 1 heterocycles. The standard InChI is InChI=1S/C14H22N2O2/c1-17-11-5-6-12(14(10-11)18-2)13-4-3-8-16(13)9-7-15/h5-6,10,13H,3-4,7-9,15H2,1-2H3. The Morgan fingerprint density at radius 1 is 1.33 bits per heavy atom. The number of methoxy groups -OCH3 is 2. The van der Waals surface area contributed by atoms with Gasteiger partial charge in [-0.25, -0.2) is 0 Å². The first-order valence-corrected chi connectivity index (χ1v) is 6.46. The molecule has 0 aliphatic carbocycles. The summed E-state index contributed by atoms with van der Waals surface area (Å²) in [6.07, 6.45) is 2.39. The fraction of sp³-hybridized carbons (Fsp3) is 0.571. The lowest BCUT2D eigenvalue weighted by atomic mass is 10.0. The van der Waals surface area contributed by atoms with E-state index in [0.29, 0.717) is 12.6 Å². The van der Waals surface area contributed by atoms with Crippen molar-refractivity contribution in [2.75, 3.05) is 33.9 Å². The average Bonchev–Trinajstić information content (AvgIpc) is 2.86. The Morgan fingerprint density at radius 3 is 2.83 bits per heavy atom. The van der Waals surface area contributed by atoms with Crippen LogP contribution in [-0.2, 0) is 0 Å². The Kier molecular flexibility index (Phi) is 4.44. The van der Waals surface area contributed by atoms with E-state index >= 15 is 0 Å². The lowest BCUT2D eigenvalue weighted by Crippen LogP contribution is -2.29. The lowest BCUT2D eigenvalue weighted by Gasteiger charge is -2.25. The lowest BCUT2D eigenvalue weighted by molar-refractivity contribution is 0.258. The molecule has 2 rings (SSSR count). The van der Waals surface area contributed by atoms with Crippen molar-refractivity contribution in [3.63, 3.8) is 0 Å². The Bertz CT molecular complexity index is 395. The number of ether oxygens (including phenoxy) is 2. The van der Waals surface area contributed by atoms with Crippen LogP contribution in [0.3, 0.4) is 0 Å². The number of hydrogen-bond donors (Lipinski definition) is 1. The predicted octanol–water partition coefficient (Wildman–Crippen LogP) is 1.80. The molecule has 1 aliphatic rings. The molecule has 1 unspecified atom stereocenters. The molecular formula is C14H22N2O2. The van der Waals surface area contributed by atoms with Crippen molar-refractivity contribution >= 4 is 0 Å². The Balaban J connectivity index is 2.26. The van der Waals surface area contributed by atoms with Gasteiger partial charge in [0.05, 0.1) is 14.2 Å². The molecule has 0 spiro atoms. The molecule has 1 aromatic rings. The topological polar surface area (TPSA) is 47.7 Å². The van der Waals surface area contributed by atoms with Gasteiger partial charge in [0.25, 0.3) is 0 Å². The zero-order chi connectivity index (χ0) is 13.0. The van der Waals surface area contributed by atoms with Gasteiger partial charge in [-0.3, -0.25) is 4.90 Å². The molecule has 0 bridgehead atoms. The van der Waals surface area contributed by atoms with Crippen LogP contribution in [0.25, 0.3) is 0 Å². The number of nitrogens with two attached hydrogens (primary N) is 1. The third kappa shape index (κ3) is 2.60. The van der Waals surface area contributed by atoms with E-state index in [1.807, 2.05) is 12.1 Å². The highest BCUT2D eigenvalue weighted by atomic mass is 16.5. The SMILES string of the molecule is COc1ccc(C2CCCN2CCN)c(OC)c1. The monoisotopic (exact) mass is 250 g/mol. The fourth-order valence-corrected chi connectivity index (χ4v) is 2.71. The molecule has 4 heteroatoms. The number of nitrogens with zero attached hydrogens (tertiary/aromatic N) is 1. The number of likely N-dealkylation sites (tertiary alicyclic amines) is 1. The van der Waals surface area contributed by atoms with Crippen LogP contribution in [0, 0.1) is 0 Å². The maximum Gasteiger partial charge on any atom is 0.127 e. The van der Waals surface area contributed by atoms with Crippen molar-refractivity contribution in [2.45, 2.75) is 18.9 Å². The summed E-state index contributed by atoms with van der Waals surface area (Å²) < 4.78 is 10.7. The Labute approximate surface area is 109 Å². The summed E-state index contributed by atoms with van der Waals surface area (Å²) in [5.41, 5.74) is 6.91. The first kappa shape index (κ1) is 13.2. The van der Waals surface area contributed by atoms with Crippen LogP contribution in [0.4, 0.5) is 0 Å². The summed E-state index contributed by atoms with van der Waals surface area (Å²) in [5, 5.41) is 0. The van der Waals surface area contributed by atoms with E-state index in [2.05, 4.69) is 11.0 Å². The molecule has 0 amide bonds. The maximum absolute atomic E-state index is 5.67. The minimum absolute atomic E-state index is 0.425. The van der Waals surface area contributed by atoms with Gasteiger partial charge in [-0.05, 0) is 25.5 Å². The van der Waals surface area contributed by atoms with Crippen molar-refractivity contribution in [2.24, 2.45) is 5.73 Å². The average molecular weight is 250 g/mol. The molecule has 0 radical (unpaired) electrons. The second-order valence-corrected chi connectivity index (χ2v) is 4.59. The highest BCUT2D eigenvalue weighted by Crippen LogP contribution is 2.38. The van der Waals surface area contributed by atoms with Gasteiger partial charge in [-0.2, -0.15) is 0 Å². The molecule has 100 valence electrons. The fourth-order valence-electron chi connectivity index (χ4n) is 2.71. The summed E-state index contributed by atoms with van der Waals surface area (Å²) in [7, 11) is 3.38. The maximum atomic E-state index is 5.67. The first-order valence-electron chi connectivity index (χ1n) is 6.46. The number of hydrogen-bond acceptors (Lipinski definition) is 4. The molecule has 0 aromatic heterocycles. The largest absolute Gasteiger partial charge is 0.497 e. The van der Waals surface area contributed by atoms with Crippen LogP contribution in [0.1, 0.15) is 24.4 Å². The molecule has 2 N–H and O–H groups in total. The molecular weight excluding hydrogens is 228 g/mol. The minimum atomic E-state index is 0.425. The minimum Gasteiger partial charge on any atom is -0.497 e. The summed E-state index contributed by atoms with van der Waals surface area (Å²) in [5.74, 6) is 1.74. The van der Waals surface area contributed by atoms with Gasteiger partial charge < -0.3 is 15.2 Å². The number of benzene rings is 1. The zero-order valence-electron chi connectivity index (χ0n) is 11.2. The summed E-state index contributed by atoms with van der Waals surface area (Å²) in [6.45, 7) is 2.77. The van der Waals surface area contributed by atoms with Crippen LogP contribution in [0.2, 0.25) is 0 Å². The summed E-state index contributed by atoms with van der Waals surface area (Å²) in [4.78, 5) is 2.43. The van der Waals surface area contributed by atoms with E-state index in [-0.39, 0.29) is 0 Å². The Hall–Kier alpha value is -1.26. The van der Waals surface area contributed by atoms with Gasteiger partial charge in [-0.1, -0.05) is 6.07 Å². The zero-order valence-corrected chi connectivity index (χ0v) is 11.2. The van der Waals surface area contributed by atoms with E-state index in [1.54, 1.807) is 14.2 Å². The van der Waals surface area contributed by atoms with Crippen LogP contribution in [-0.4, -0.2) is 38.8 Å². The highest BCUT2D eigenvalue weighted by Gasteiger charge is 2.27. The third-order valence-electron chi connectivity index (χ3n) is 3.58. The summed E-state index contributed by atoms with van der Waals surface area (Å²) in [6, 6.07) is 6.48. The molecule has 1 fully saturated rings. The van der Waals surface area contributed by atoms with Crippen LogP contribution >= 0.6 is 0 Å². The Morgan fingerprint density at radius 2 is 2.17 bits per heavy atom. The molecule has 1 aromatic carbocycles. The third-order valence-corrected chi connectivity index (χ3v) is 3.58. The van der Waals surface area contributed by atoms with E-state index in [1.165, 1.54) is 18.4 Å². The van der Waals surface area contributed by atoms with Crippen molar-refractivity contribution in [1.82, 2.24) is 4.90 Å². The van der Waals surface area contributed by atoms with Gasteiger partial charge in [0.15, 0.2) is 0 Å². The molecule has 0 saturated carbocycles. The highest BCUT2D eigenvalue weighted by molar-refractivity contribution is 5.42. The van der Waals surface area contributed by atoms with Gasteiger partial charge >= 0.3 is 0 Å². The van der Waals surface area contributed by atoms with Crippen molar-refractivity contribution in [3.8, 4) is 11.5 Å². The van der Waals surface area contributed by atoms with Gasteiger partial charge in [-0.15, -0.1) is 0 Å². The van der Waals surface area contributed by atoms with E-state index in [9.17, 15) is 0 Å². The molecule has 1 saturated heterocycles. The van der Waals surface area contributed by atoms with E-state index in [0.717, 1.165) is 24.6 Å². The summed E-state index contributed by atoms with van der Waals surface area (Å²) >= 11 is 0. The quantitative estimate of drug-likeness (QED) is 0.865. The van der Waals surface area contributed by atoms with Crippen molar-refractivity contribution in [1.29, 1.82) is 0 Å². The normalized spacial score (nSPS) is 20.1. The van der Waals surface area contributed by atoms with Crippen LogP contribution in [0.5, 0.6) is 11.5 Å². The molecule has 18 heavy (non-hydrogen) atoms. The van der Waals surface area contributed by atoms with E-state index < -0.39 is 0 Å². The number of rotatable bonds is 5. The van der Waals surface area contributed by atoms with E-state index in [4.69, 9.17) is 15.2 Å². The van der Waals surface area contributed by atoms with Gasteiger partial charge in [0.2, 0.25) is 0 Å². The molecule has 1 atom stereocenters. The van der Waals surface area contributed by atoms with Gasteiger partial charge in [0.1, 0.15) is 11.5 Å². The van der Waals surface area contributed by atoms with Crippen LogP contribution in [0.15, 0.2) is 18.2 Å². The predicted molar refractivity (Wildman–Crippen MR) is 72.1 cm³/mol. The van der Waals surface area contributed by atoms with Crippen molar-refractivity contribution < 1.29 is 9.47 Å². The second-order valence-electron chi connectivity index (χ2n) is 4.59.